The minimum Gasteiger partial charge on any atom is -0.363 e. The molecule has 4 unspecified atom stereocenters. The van der Waals surface area contributed by atoms with Crippen molar-refractivity contribution in [2.75, 3.05) is 6.61 Å². The molecule has 2 fully saturated rings. The van der Waals surface area contributed by atoms with E-state index >= 15 is 0 Å². The summed E-state index contributed by atoms with van der Waals surface area (Å²) in [5.41, 5.74) is -0.141. The molecule has 1 amide bonds. The van der Waals surface area contributed by atoms with E-state index in [-0.39, 0.29) is 24.2 Å². The summed E-state index contributed by atoms with van der Waals surface area (Å²) in [6.45, 7) is 6.96. The fourth-order valence-electron chi connectivity index (χ4n) is 2.85. The van der Waals surface area contributed by atoms with E-state index in [4.69, 9.17) is 4.74 Å². The van der Waals surface area contributed by atoms with E-state index in [1.165, 1.54) is 6.42 Å². The molecule has 1 N–H and O–H groups in total. The van der Waals surface area contributed by atoms with Crippen LogP contribution < -0.4 is 5.32 Å². The summed E-state index contributed by atoms with van der Waals surface area (Å²) >= 11 is 0. The van der Waals surface area contributed by atoms with Gasteiger partial charge >= 0.3 is 0 Å². The topological polar surface area (TPSA) is 38.3 Å². The largest absolute Gasteiger partial charge is 0.363 e. The summed E-state index contributed by atoms with van der Waals surface area (Å²) in [7, 11) is 0. The zero-order valence-corrected chi connectivity index (χ0v) is 9.88. The van der Waals surface area contributed by atoms with E-state index in [1.54, 1.807) is 0 Å². The molecule has 0 aromatic heterocycles. The molecule has 4 atom stereocenters. The first kappa shape index (κ1) is 10.9. The Hall–Kier alpha value is -0.570. The molecule has 0 aromatic rings. The molecule has 3 nitrogen and oxygen atoms in total. The first-order chi connectivity index (χ1) is 7.01. The van der Waals surface area contributed by atoms with Crippen molar-refractivity contribution in [2.24, 2.45) is 11.8 Å². The SMILES string of the molecule is CC1CCC2NC(=O)COC2(C)CC1C. The minimum absolute atomic E-state index is 0.0414. The van der Waals surface area contributed by atoms with Crippen molar-refractivity contribution in [3.8, 4) is 0 Å². The predicted octanol–water partition coefficient (Wildman–Crippen LogP) is 1.72. The highest BCUT2D eigenvalue weighted by molar-refractivity contribution is 5.78. The van der Waals surface area contributed by atoms with Crippen LogP contribution in [-0.2, 0) is 9.53 Å². The van der Waals surface area contributed by atoms with Gasteiger partial charge in [-0.05, 0) is 38.0 Å². The van der Waals surface area contributed by atoms with E-state index in [0.29, 0.717) is 5.92 Å². The average Bonchev–Trinajstić information content (AvgIpc) is 2.28. The molecule has 1 saturated carbocycles. The average molecular weight is 211 g/mol. The van der Waals surface area contributed by atoms with Crippen molar-refractivity contribution in [1.29, 1.82) is 0 Å². The number of amides is 1. The van der Waals surface area contributed by atoms with Crippen LogP contribution in [-0.4, -0.2) is 24.2 Å². The molecular formula is C12H21NO2. The van der Waals surface area contributed by atoms with E-state index in [9.17, 15) is 4.79 Å². The number of hydrogen-bond acceptors (Lipinski definition) is 2. The van der Waals surface area contributed by atoms with E-state index in [1.807, 2.05) is 0 Å². The second-order valence-electron chi connectivity index (χ2n) is 5.46. The Bertz CT molecular complexity index is 266. The van der Waals surface area contributed by atoms with Gasteiger partial charge in [0.1, 0.15) is 6.61 Å². The van der Waals surface area contributed by atoms with Gasteiger partial charge in [0.25, 0.3) is 0 Å². The second kappa shape index (κ2) is 3.78. The zero-order valence-electron chi connectivity index (χ0n) is 9.88. The minimum atomic E-state index is -0.141. The van der Waals surface area contributed by atoms with Crippen molar-refractivity contribution < 1.29 is 9.53 Å². The summed E-state index contributed by atoms with van der Waals surface area (Å²) in [5, 5.41) is 3.08. The van der Waals surface area contributed by atoms with Gasteiger partial charge in [0, 0.05) is 0 Å². The fraction of sp³-hybridized carbons (Fsp3) is 0.917. The number of ether oxygens (including phenoxy) is 1. The Balaban J connectivity index is 2.16. The summed E-state index contributed by atoms with van der Waals surface area (Å²) in [6, 6.07) is 0.214. The molecule has 0 bridgehead atoms. The Morgan fingerprint density at radius 3 is 2.80 bits per heavy atom. The third-order valence-electron chi connectivity index (χ3n) is 4.21. The molecule has 1 aliphatic carbocycles. The standard InChI is InChI=1S/C12H21NO2/c1-8-4-5-10-12(3,6-9(8)2)15-7-11(14)13-10/h8-10H,4-7H2,1-3H3,(H,13,14). The molecule has 1 heterocycles. The first-order valence-corrected chi connectivity index (χ1v) is 5.94. The molecule has 15 heavy (non-hydrogen) atoms. The molecule has 3 heteroatoms. The Labute approximate surface area is 91.6 Å². The van der Waals surface area contributed by atoms with E-state index in [2.05, 4.69) is 26.1 Å². The van der Waals surface area contributed by atoms with Gasteiger partial charge in [-0.2, -0.15) is 0 Å². The Morgan fingerprint density at radius 2 is 2.07 bits per heavy atom. The lowest BCUT2D eigenvalue weighted by molar-refractivity contribution is -0.151. The molecular weight excluding hydrogens is 190 g/mol. The predicted molar refractivity (Wildman–Crippen MR) is 58.5 cm³/mol. The lowest BCUT2D eigenvalue weighted by Crippen LogP contribution is -2.58. The van der Waals surface area contributed by atoms with Gasteiger partial charge < -0.3 is 10.1 Å². The summed E-state index contributed by atoms with van der Waals surface area (Å²) in [4.78, 5) is 11.3. The molecule has 0 spiro atoms. The number of morpholine rings is 1. The highest BCUT2D eigenvalue weighted by Crippen LogP contribution is 2.37. The molecule has 1 aliphatic heterocycles. The Morgan fingerprint density at radius 1 is 1.33 bits per heavy atom. The van der Waals surface area contributed by atoms with Crippen molar-refractivity contribution in [2.45, 2.75) is 51.7 Å². The van der Waals surface area contributed by atoms with Crippen molar-refractivity contribution in [1.82, 2.24) is 5.32 Å². The smallest absolute Gasteiger partial charge is 0.246 e. The number of fused-ring (bicyclic) bond motifs is 1. The fourth-order valence-corrected chi connectivity index (χ4v) is 2.85. The summed E-state index contributed by atoms with van der Waals surface area (Å²) in [5.74, 6) is 1.45. The number of rotatable bonds is 0. The van der Waals surface area contributed by atoms with E-state index in [0.717, 1.165) is 18.8 Å². The van der Waals surface area contributed by atoms with Gasteiger partial charge in [-0.15, -0.1) is 0 Å². The Kier molecular flexibility index (Phi) is 2.75. The van der Waals surface area contributed by atoms with Crippen LogP contribution in [0.3, 0.4) is 0 Å². The van der Waals surface area contributed by atoms with Crippen molar-refractivity contribution in [3.05, 3.63) is 0 Å². The maximum Gasteiger partial charge on any atom is 0.246 e. The van der Waals surface area contributed by atoms with Crippen LogP contribution in [0.2, 0.25) is 0 Å². The summed E-state index contributed by atoms with van der Waals surface area (Å²) < 4.78 is 5.77. The number of hydrogen-bond donors (Lipinski definition) is 1. The molecule has 2 rings (SSSR count). The van der Waals surface area contributed by atoms with E-state index < -0.39 is 0 Å². The third kappa shape index (κ3) is 2.03. The lowest BCUT2D eigenvalue weighted by Gasteiger charge is -2.41. The van der Waals surface area contributed by atoms with Crippen LogP contribution in [0.15, 0.2) is 0 Å². The second-order valence-corrected chi connectivity index (χ2v) is 5.46. The lowest BCUT2D eigenvalue weighted by atomic mass is 9.85. The van der Waals surface area contributed by atoms with Crippen LogP contribution in [0.5, 0.6) is 0 Å². The molecule has 1 saturated heterocycles. The summed E-state index contributed by atoms with van der Waals surface area (Å²) in [6.07, 6.45) is 3.29. The maximum atomic E-state index is 11.3. The maximum absolute atomic E-state index is 11.3. The van der Waals surface area contributed by atoms with Crippen molar-refractivity contribution in [3.63, 3.8) is 0 Å². The van der Waals surface area contributed by atoms with Crippen LogP contribution >= 0.6 is 0 Å². The van der Waals surface area contributed by atoms with Gasteiger partial charge in [-0.3, -0.25) is 4.79 Å². The van der Waals surface area contributed by atoms with Crippen LogP contribution in [0.25, 0.3) is 0 Å². The molecule has 0 radical (unpaired) electrons. The van der Waals surface area contributed by atoms with Gasteiger partial charge in [0.15, 0.2) is 0 Å². The molecule has 0 aromatic carbocycles. The number of carbonyl (C=O) groups excluding carboxylic acids is 1. The zero-order chi connectivity index (χ0) is 11.1. The van der Waals surface area contributed by atoms with Gasteiger partial charge in [0.2, 0.25) is 5.91 Å². The van der Waals surface area contributed by atoms with Crippen LogP contribution in [0.4, 0.5) is 0 Å². The van der Waals surface area contributed by atoms with Gasteiger partial charge in [-0.1, -0.05) is 13.8 Å². The normalized spacial score (nSPS) is 46.6. The van der Waals surface area contributed by atoms with Crippen LogP contribution in [0, 0.1) is 11.8 Å². The third-order valence-corrected chi connectivity index (χ3v) is 4.21. The quantitative estimate of drug-likeness (QED) is 0.662. The van der Waals surface area contributed by atoms with Gasteiger partial charge in [-0.25, -0.2) is 0 Å². The highest BCUT2D eigenvalue weighted by Gasteiger charge is 2.43. The number of nitrogens with one attached hydrogen (secondary N) is 1. The first-order valence-electron chi connectivity index (χ1n) is 5.94. The van der Waals surface area contributed by atoms with Crippen molar-refractivity contribution >= 4 is 5.91 Å². The number of carbonyl (C=O) groups is 1. The van der Waals surface area contributed by atoms with Crippen LogP contribution in [0.1, 0.15) is 40.0 Å². The molecule has 86 valence electrons. The molecule has 2 aliphatic rings. The monoisotopic (exact) mass is 211 g/mol. The van der Waals surface area contributed by atoms with Gasteiger partial charge in [0.05, 0.1) is 11.6 Å². The highest BCUT2D eigenvalue weighted by atomic mass is 16.5.